The first-order chi connectivity index (χ1) is 18.8. The summed E-state index contributed by atoms with van der Waals surface area (Å²) in [5.74, 6) is 1.65. The van der Waals surface area contributed by atoms with Crippen LogP contribution in [0.5, 0.6) is 5.75 Å². The van der Waals surface area contributed by atoms with Crippen molar-refractivity contribution in [2.24, 2.45) is 0 Å². The molecular formula is C38H50N2O. The van der Waals surface area contributed by atoms with Gasteiger partial charge in [0.2, 0.25) is 0 Å². The van der Waals surface area contributed by atoms with Crippen LogP contribution in [-0.2, 0) is 21.7 Å². The van der Waals surface area contributed by atoms with Gasteiger partial charge in [-0.15, -0.1) is 0 Å². The molecule has 0 saturated carbocycles. The van der Waals surface area contributed by atoms with Crippen molar-refractivity contribution in [2.45, 2.75) is 105 Å². The molecule has 0 spiro atoms. The molecule has 3 heteroatoms. The number of aromatic nitrogens is 2. The molecule has 1 heterocycles. The summed E-state index contributed by atoms with van der Waals surface area (Å²) >= 11 is 0. The lowest BCUT2D eigenvalue weighted by atomic mass is 9.78. The normalized spacial score (nSPS) is 13.0. The Hall–Kier alpha value is -3.33. The second-order valence-electron chi connectivity index (χ2n) is 15.6. The quantitative estimate of drug-likeness (QED) is 0.274. The molecule has 0 saturated heterocycles. The Labute approximate surface area is 248 Å². The molecule has 41 heavy (non-hydrogen) atoms. The second kappa shape index (κ2) is 10.5. The van der Waals surface area contributed by atoms with Gasteiger partial charge < -0.3 is 9.72 Å². The number of hydrogen-bond donors (Lipinski definition) is 1. The van der Waals surface area contributed by atoms with Crippen molar-refractivity contribution in [3.63, 3.8) is 0 Å². The first kappa shape index (κ1) is 30.6. The molecule has 4 rings (SSSR count). The molecule has 0 radical (unpaired) electrons. The predicted molar refractivity (Wildman–Crippen MR) is 176 cm³/mol. The van der Waals surface area contributed by atoms with Crippen LogP contribution in [0.4, 0.5) is 0 Å². The summed E-state index contributed by atoms with van der Waals surface area (Å²) in [4.78, 5) is 9.09. The van der Waals surface area contributed by atoms with E-state index >= 15 is 0 Å². The number of nitrogens with zero attached hydrogens (tertiary/aromatic N) is 1. The standard InChI is InChI=1S/C38H50N2O/c1-35(2,3)27-17-25(18-28(22-27)36(4,5)6)32-33(40-34(39-32)24-15-14-16-31(21-24)41-13)26-19-29(37(7,8)9)23-30(20-26)38(10,11)12/h14-23H,1-13H3,(H,39,40). The van der Waals surface area contributed by atoms with Crippen LogP contribution in [-0.4, -0.2) is 17.1 Å². The minimum atomic E-state index is 0.00760. The van der Waals surface area contributed by atoms with Crippen molar-refractivity contribution in [3.8, 4) is 39.7 Å². The summed E-state index contributed by atoms with van der Waals surface area (Å²) < 4.78 is 5.55. The lowest BCUT2D eigenvalue weighted by molar-refractivity contribution is 0.415. The van der Waals surface area contributed by atoms with E-state index in [-0.39, 0.29) is 21.7 Å². The fourth-order valence-electron chi connectivity index (χ4n) is 4.97. The number of benzene rings is 3. The molecule has 1 N–H and O–H groups in total. The number of hydrogen-bond acceptors (Lipinski definition) is 2. The summed E-state index contributed by atoms with van der Waals surface area (Å²) in [7, 11) is 1.70. The Morgan fingerprint density at radius 3 is 1.39 bits per heavy atom. The SMILES string of the molecule is COc1cccc(-c2nc(-c3cc(C(C)(C)C)cc(C(C)(C)C)c3)c(-c3cc(C(C)(C)C)cc(C(C)(C)C)c3)[nH]2)c1. The van der Waals surface area contributed by atoms with Crippen molar-refractivity contribution in [2.75, 3.05) is 7.11 Å². The zero-order valence-electron chi connectivity index (χ0n) is 27.6. The largest absolute Gasteiger partial charge is 0.497 e. The fraction of sp³-hybridized carbons (Fsp3) is 0.447. The third-order valence-electron chi connectivity index (χ3n) is 7.94. The van der Waals surface area contributed by atoms with E-state index in [1.165, 1.54) is 22.3 Å². The van der Waals surface area contributed by atoms with E-state index < -0.39 is 0 Å². The van der Waals surface area contributed by atoms with Gasteiger partial charge in [-0.3, -0.25) is 0 Å². The summed E-state index contributed by atoms with van der Waals surface area (Å²) in [6, 6.07) is 22.2. The molecule has 0 unspecified atom stereocenters. The summed E-state index contributed by atoms with van der Waals surface area (Å²) in [6.07, 6.45) is 0. The first-order valence-corrected chi connectivity index (χ1v) is 14.8. The van der Waals surface area contributed by atoms with E-state index in [1.807, 2.05) is 18.2 Å². The summed E-state index contributed by atoms with van der Waals surface area (Å²) in [6.45, 7) is 27.4. The number of H-pyrrole nitrogens is 1. The lowest BCUT2D eigenvalue weighted by Crippen LogP contribution is -2.17. The van der Waals surface area contributed by atoms with Crippen LogP contribution in [0.2, 0.25) is 0 Å². The van der Waals surface area contributed by atoms with Gasteiger partial charge in [0, 0.05) is 16.7 Å². The van der Waals surface area contributed by atoms with Gasteiger partial charge in [0.25, 0.3) is 0 Å². The maximum atomic E-state index is 5.55. The minimum Gasteiger partial charge on any atom is -0.497 e. The molecule has 4 aromatic rings. The molecule has 3 aromatic carbocycles. The van der Waals surface area contributed by atoms with E-state index in [2.05, 4.69) is 131 Å². The molecule has 3 nitrogen and oxygen atoms in total. The van der Waals surface area contributed by atoms with E-state index in [9.17, 15) is 0 Å². The van der Waals surface area contributed by atoms with Gasteiger partial charge in [-0.25, -0.2) is 4.98 Å². The van der Waals surface area contributed by atoms with Crippen molar-refractivity contribution in [1.29, 1.82) is 0 Å². The monoisotopic (exact) mass is 550 g/mol. The van der Waals surface area contributed by atoms with Crippen molar-refractivity contribution in [3.05, 3.63) is 82.9 Å². The summed E-state index contributed by atoms with van der Waals surface area (Å²) in [5, 5.41) is 0. The Morgan fingerprint density at radius 2 is 0.976 bits per heavy atom. The molecular weight excluding hydrogens is 500 g/mol. The number of rotatable bonds is 4. The van der Waals surface area contributed by atoms with Crippen LogP contribution in [0.15, 0.2) is 60.7 Å². The molecule has 0 amide bonds. The highest BCUT2D eigenvalue weighted by molar-refractivity contribution is 5.83. The zero-order chi connectivity index (χ0) is 30.5. The van der Waals surface area contributed by atoms with Crippen LogP contribution < -0.4 is 4.74 Å². The number of ether oxygens (including phenoxy) is 1. The van der Waals surface area contributed by atoms with E-state index in [4.69, 9.17) is 9.72 Å². The van der Waals surface area contributed by atoms with Crippen LogP contribution in [0.25, 0.3) is 33.9 Å². The van der Waals surface area contributed by atoms with Gasteiger partial charge in [0.05, 0.1) is 18.5 Å². The van der Waals surface area contributed by atoms with Crippen molar-refractivity contribution in [1.82, 2.24) is 9.97 Å². The second-order valence-corrected chi connectivity index (χ2v) is 15.6. The smallest absolute Gasteiger partial charge is 0.138 e. The minimum absolute atomic E-state index is 0.00760. The summed E-state index contributed by atoms with van der Waals surface area (Å²) in [5.41, 5.74) is 10.6. The lowest BCUT2D eigenvalue weighted by Gasteiger charge is -2.27. The number of nitrogens with one attached hydrogen (secondary N) is 1. The molecule has 1 aromatic heterocycles. The Kier molecular flexibility index (Phi) is 7.84. The van der Waals surface area contributed by atoms with Gasteiger partial charge in [-0.1, -0.05) is 107 Å². The average Bonchev–Trinajstić information content (AvgIpc) is 3.32. The average molecular weight is 551 g/mol. The van der Waals surface area contributed by atoms with Crippen molar-refractivity contribution < 1.29 is 4.74 Å². The highest BCUT2D eigenvalue weighted by atomic mass is 16.5. The Morgan fingerprint density at radius 1 is 0.537 bits per heavy atom. The predicted octanol–water partition coefficient (Wildman–Crippen LogP) is 10.6. The molecule has 0 atom stereocenters. The van der Waals surface area contributed by atoms with Crippen LogP contribution >= 0.6 is 0 Å². The topological polar surface area (TPSA) is 37.9 Å². The Bertz CT molecular complexity index is 1390. The van der Waals surface area contributed by atoms with Gasteiger partial charge in [-0.2, -0.15) is 0 Å². The molecule has 0 aliphatic rings. The highest BCUT2D eigenvalue weighted by Crippen LogP contribution is 2.41. The third-order valence-corrected chi connectivity index (χ3v) is 7.94. The van der Waals surface area contributed by atoms with E-state index in [0.717, 1.165) is 39.7 Å². The Balaban J connectivity index is 2.09. The van der Waals surface area contributed by atoms with E-state index in [0.29, 0.717) is 0 Å². The van der Waals surface area contributed by atoms with Gasteiger partial charge in [0.15, 0.2) is 0 Å². The molecule has 218 valence electrons. The van der Waals surface area contributed by atoms with Crippen LogP contribution in [0.3, 0.4) is 0 Å². The van der Waals surface area contributed by atoms with Crippen LogP contribution in [0.1, 0.15) is 105 Å². The molecule has 0 bridgehead atoms. The molecule has 0 aliphatic carbocycles. The van der Waals surface area contributed by atoms with Gasteiger partial charge >= 0.3 is 0 Å². The first-order valence-electron chi connectivity index (χ1n) is 14.8. The van der Waals surface area contributed by atoms with Crippen molar-refractivity contribution >= 4 is 0 Å². The highest BCUT2D eigenvalue weighted by Gasteiger charge is 2.26. The van der Waals surface area contributed by atoms with Crippen LogP contribution in [0, 0.1) is 0 Å². The maximum absolute atomic E-state index is 5.55. The molecule has 0 aliphatic heterocycles. The third kappa shape index (κ3) is 6.77. The number of imidazole rings is 1. The fourth-order valence-corrected chi connectivity index (χ4v) is 4.97. The maximum Gasteiger partial charge on any atom is 0.138 e. The number of methoxy groups -OCH3 is 1. The number of aromatic amines is 1. The van der Waals surface area contributed by atoms with Gasteiger partial charge in [-0.05, 0) is 80.3 Å². The van der Waals surface area contributed by atoms with E-state index in [1.54, 1.807) is 7.11 Å². The van der Waals surface area contributed by atoms with Gasteiger partial charge in [0.1, 0.15) is 11.6 Å². The zero-order valence-corrected chi connectivity index (χ0v) is 27.6. The molecule has 0 fully saturated rings.